The van der Waals surface area contributed by atoms with Gasteiger partial charge in [0.05, 0.1) is 5.92 Å². The van der Waals surface area contributed by atoms with Gasteiger partial charge in [0.25, 0.3) is 5.56 Å². The Hall–Kier alpha value is -1.63. The van der Waals surface area contributed by atoms with E-state index in [1.165, 1.54) is 4.57 Å². The first-order valence-corrected chi connectivity index (χ1v) is 7.55. The molecule has 2 heterocycles. The predicted molar refractivity (Wildman–Crippen MR) is 80.1 cm³/mol. The molecule has 1 amide bonds. The van der Waals surface area contributed by atoms with Crippen LogP contribution in [0.5, 0.6) is 0 Å². The molecule has 0 bridgehead atoms. The van der Waals surface area contributed by atoms with Crippen LogP contribution in [0.2, 0.25) is 0 Å². The summed E-state index contributed by atoms with van der Waals surface area (Å²) in [6, 6.07) is 1.71. The molecule has 0 aliphatic carbocycles. The lowest BCUT2D eigenvalue weighted by Crippen LogP contribution is -2.42. The van der Waals surface area contributed by atoms with Crippen LogP contribution in [0.25, 0.3) is 0 Å². The molecule has 6 nitrogen and oxygen atoms in total. The van der Waals surface area contributed by atoms with Gasteiger partial charge < -0.3 is 14.6 Å². The van der Waals surface area contributed by atoms with Gasteiger partial charge in [-0.3, -0.25) is 14.4 Å². The van der Waals surface area contributed by atoms with Crippen LogP contribution < -0.4 is 5.56 Å². The number of hydrogen-bond acceptors (Lipinski definition) is 3. The minimum atomic E-state index is -0.805. The molecule has 21 heavy (non-hydrogen) atoms. The van der Waals surface area contributed by atoms with Gasteiger partial charge in [0, 0.05) is 29.3 Å². The van der Waals surface area contributed by atoms with Gasteiger partial charge in [0.1, 0.15) is 6.54 Å². The van der Waals surface area contributed by atoms with Gasteiger partial charge in [-0.05, 0) is 41.8 Å². The van der Waals surface area contributed by atoms with Crippen LogP contribution in [0.3, 0.4) is 0 Å². The molecule has 1 aromatic heterocycles. The molecule has 0 atom stereocenters. The number of rotatable bonds is 3. The Kier molecular flexibility index (Phi) is 4.82. The molecule has 0 spiro atoms. The molecule has 1 aromatic rings. The third kappa shape index (κ3) is 3.72. The van der Waals surface area contributed by atoms with E-state index in [0.717, 1.165) is 4.47 Å². The number of carbonyl (C=O) groups is 2. The summed E-state index contributed by atoms with van der Waals surface area (Å²) in [6.07, 6.45) is 2.53. The van der Waals surface area contributed by atoms with E-state index in [4.69, 9.17) is 5.11 Å². The first-order chi connectivity index (χ1) is 9.88. The SMILES string of the molecule is Cc1cc(Br)cn(CC(=O)N2CCC(C(=O)O)CC2)c1=O. The van der Waals surface area contributed by atoms with E-state index in [0.29, 0.717) is 31.5 Å². The number of carboxylic acids is 1. The van der Waals surface area contributed by atoms with Crippen molar-refractivity contribution in [1.29, 1.82) is 0 Å². The number of likely N-dealkylation sites (tertiary alicyclic amines) is 1. The van der Waals surface area contributed by atoms with Crippen LogP contribution in [-0.4, -0.2) is 39.5 Å². The highest BCUT2D eigenvalue weighted by Crippen LogP contribution is 2.17. The highest BCUT2D eigenvalue weighted by Gasteiger charge is 2.27. The van der Waals surface area contributed by atoms with E-state index in [-0.39, 0.29) is 23.9 Å². The fourth-order valence-corrected chi connectivity index (χ4v) is 3.07. The molecule has 2 rings (SSSR count). The summed E-state index contributed by atoms with van der Waals surface area (Å²) in [5.41, 5.74) is 0.383. The number of carbonyl (C=O) groups excluding carboxylic acids is 1. The Balaban J connectivity index is 2.03. The van der Waals surface area contributed by atoms with Crippen molar-refractivity contribution in [3.8, 4) is 0 Å². The van der Waals surface area contributed by atoms with Gasteiger partial charge in [0.15, 0.2) is 0 Å². The van der Waals surface area contributed by atoms with E-state index in [2.05, 4.69) is 15.9 Å². The Morgan fingerprint density at radius 3 is 2.57 bits per heavy atom. The van der Waals surface area contributed by atoms with E-state index < -0.39 is 5.97 Å². The molecule has 0 unspecified atom stereocenters. The first kappa shape index (κ1) is 15.8. The lowest BCUT2D eigenvalue weighted by atomic mass is 9.97. The van der Waals surface area contributed by atoms with Crippen molar-refractivity contribution in [2.45, 2.75) is 26.3 Å². The highest BCUT2D eigenvalue weighted by atomic mass is 79.9. The van der Waals surface area contributed by atoms with Gasteiger partial charge >= 0.3 is 5.97 Å². The quantitative estimate of drug-likeness (QED) is 0.883. The van der Waals surface area contributed by atoms with Crippen LogP contribution in [0, 0.1) is 12.8 Å². The van der Waals surface area contributed by atoms with E-state index in [9.17, 15) is 14.4 Å². The van der Waals surface area contributed by atoms with Gasteiger partial charge in [-0.15, -0.1) is 0 Å². The fourth-order valence-electron chi connectivity index (χ4n) is 2.48. The lowest BCUT2D eigenvalue weighted by molar-refractivity contribution is -0.145. The molecule has 1 aliphatic heterocycles. The molecule has 0 saturated carbocycles. The van der Waals surface area contributed by atoms with Gasteiger partial charge in [0.2, 0.25) is 5.91 Å². The van der Waals surface area contributed by atoms with Crippen molar-refractivity contribution in [2.24, 2.45) is 5.92 Å². The summed E-state index contributed by atoms with van der Waals surface area (Å²) in [4.78, 5) is 36.7. The molecular formula is C14H17BrN2O4. The maximum atomic E-state index is 12.2. The van der Waals surface area contributed by atoms with Crippen molar-refractivity contribution in [3.63, 3.8) is 0 Å². The number of pyridine rings is 1. The second-order valence-electron chi connectivity index (χ2n) is 5.27. The molecule has 1 N–H and O–H groups in total. The second kappa shape index (κ2) is 6.43. The minimum Gasteiger partial charge on any atom is -0.481 e. The molecular weight excluding hydrogens is 340 g/mol. The molecule has 0 aromatic carbocycles. The maximum Gasteiger partial charge on any atom is 0.306 e. The summed E-state index contributed by atoms with van der Waals surface area (Å²) in [7, 11) is 0. The number of aliphatic carboxylic acids is 1. The second-order valence-corrected chi connectivity index (χ2v) is 6.18. The van der Waals surface area contributed by atoms with Crippen molar-refractivity contribution in [2.75, 3.05) is 13.1 Å². The average molecular weight is 357 g/mol. The van der Waals surface area contributed by atoms with Crippen LogP contribution >= 0.6 is 15.9 Å². The zero-order chi connectivity index (χ0) is 15.6. The average Bonchev–Trinajstić information content (AvgIpc) is 2.44. The molecule has 114 valence electrons. The van der Waals surface area contributed by atoms with Crippen LogP contribution in [-0.2, 0) is 16.1 Å². The summed E-state index contributed by atoms with van der Waals surface area (Å²) in [5, 5.41) is 8.94. The standard InChI is InChI=1S/C14H17BrN2O4/c1-9-6-11(15)7-17(13(9)19)8-12(18)16-4-2-10(3-5-16)14(20)21/h6-7,10H,2-5,8H2,1H3,(H,20,21). The summed E-state index contributed by atoms with van der Waals surface area (Å²) >= 11 is 3.31. The Morgan fingerprint density at radius 2 is 2.00 bits per heavy atom. The smallest absolute Gasteiger partial charge is 0.306 e. The molecule has 1 fully saturated rings. The highest BCUT2D eigenvalue weighted by molar-refractivity contribution is 9.10. The fraction of sp³-hybridized carbons (Fsp3) is 0.500. The predicted octanol–water partition coefficient (Wildman–Crippen LogP) is 1.24. The Morgan fingerprint density at radius 1 is 1.38 bits per heavy atom. The lowest BCUT2D eigenvalue weighted by Gasteiger charge is -2.30. The van der Waals surface area contributed by atoms with Crippen LogP contribution in [0.4, 0.5) is 0 Å². The Bertz CT molecular complexity index is 618. The minimum absolute atomic E-state index is 0.0170. The monoisotopic (exact) mass is 356 g/mol. The number of hydrogen-bond donors (Lipinski definition) is 1. The molecule has 1 saturated heterocycles. The molecule has 0 radical (unpaired) electrons. The largest absolute Gasteiger partial charge is 0.481 e. The van der Waals surface area contributed by atoms with Crippen molar-refractivity contribution in [3.05, 3.63) is 32.7 Å². The van der Waals surface area contributed by atoms with E-state index >= 15 is 0 Å². The Labute approximate surface area is 130 Å². The van der Waals surface area contributed by atoms with Gasteiger partial charge in [-0.25, -0.2) is 0 Å². The zero-order valence-electron chi connectivity index (χ0n) is 11.7. The van der Waals surface area contributed by atoms with Crippen molar-refractivity contribution < 1.29 is 14.7 Å². The third-order valence-corrected chi connectivity index (χ3v) is 4.17. The maximum absolute atomic E-state index is 12.2. The van der Waals surface area contributed by atoms with Gasteiger partial charge in [-0.2, -0.15) is 0 Å². The summed E-state index contributed by atoms with van der Waals surface area (Å²) in [5.74, 6) is -1.33. The topological polar surface area (TPSA) is 79.6 Å². The third-order valence-electron chi connectivity index (χ3n) is 3.73. The normalized spacial score (nSPS) is 16.0. The zero-order valence-corrected chi connectivity index (χ0v) is 13.3. The van der Waals surface area contributed by atoms with Crippen LogP contribution in [0.1, 0.15) is 18.4 Å². The molecule has 7 heteroatoms. The van der Waals surface area contributed by atoms with Crippen LogP contribution in [0.15, 0.2) is 21.5 Å². The summed E-state index contributed by atoms with van der Waals surface area (Å²) < 4.78 is 2.13. The number of amides is 1. The number of piperidine rings is 1. The number of halogens is 1. The number of carboxylic acid groups (broad SMARTS) is 1. The van der Waals surface area contributed by atoms with Gasteiger partial charge in [-0.1, -0.05) is 0 Å². The number of nitrogens with zero attached hydrogens (tertiary/aromatic N) is 2. The van der Waals surface area contributed by atoms with Crippen molar-refractivity contribution in [1.82, 2.24) is 9.47 Å². The van der Waals surface area contributed by atoms with E-state index in [1.54, 1.807) is 24.1 Å². The number of aromatic nitrogens is 1. The molecule has 1 aliphatic rings. The van der Waals surface area contributed by atoms with Crippen molar-refractivity contribution >= 4 is 27.8 Å². The number of aryl methyl sites for hydroxylation is 1. The summed E-state index contributed by atoms with van der Waals surface area (Å²) in [6.45, 7) is 2.54. The van der Waals surface area contributed by atoms with E-state index in [1.807, 2.05) is 0 Å². The first-order valence-electron chi connectivity index (χ1n) is 6.75.